The van der Waals surface area contributed by atoms with Crippen molar-refractivity contribution in [3.63, 3.8) is 0 Å². The van der Waals surface area contributed by atoms with Crippen molar-refractivity contribution >= 4 is 17.4 Å². The Morgan fingerprint density at radius 2 is 1.88 bits per heavy atom. The molecule has 5 rings (SSSR count). The molecule has 33 heavy (non-hydrogen) atoms. The first-order chi connectivity index (χ1) is 15.9. The summed E-state index contributed by atoms with van der Waals surface area (Å²) in [5.74, 6) is 0.0310. The lowest BCUT2D eigenvalue weighted by atomic mass is 9.80. The number of hydrogen-bond acceptors (Lipinski definition) is 4. The SMILES string of the molecule is Cc1ccc(NC(=O)Cn2c(C)cc(=O)n3nc(-c4ccc(C5CCC5)cc4F)nc23)cc1. The molecule has 0 unspecified atom stereocenters. The van der Waals surface area contributed by atoms with Crippen LogP contribution in [0.3, 0.4) is 0 Å². The Bertz CT molecular complexity index is 1420. The number of aromatic nitrogens is 4. The van der Waals surface area contributed by atoms with E-state index in [2.05, 4.69) is 15.4 Å². The number of rotatable bonds is 5. The minimum atomic E-state index is -0.414. The normalized spacial score (nSPS) is 13.8. The standard InChI is InChI=1S/C25H24FN5O2/c1-15-6-9-19(10-7-15)27-22(32)14-30-16(2)12-23(33)31-25(30)28-24(29-31)20-11-8-18(13-21(20)26)17-4-3-5-17/h6-13,17H,3-5,14H2,1-2H3,(H,27,32). The van der Waals surface area contributed by atoms with Gasteiger partial charge in [0, 0.05) is 17.4 Å². The van der Waals surface area contributed by atoms with E-state index in [1.165, 1.54) is 18.6 Å². The fraction of sp³-hybridized carbons (Fsp3) is 0.280. The van der Waals surface area contributed by atoms with Gasteiger partial charge in [0.15, 0.2) is 5.82 Å². The van der Waals surface area contributed by atoms with Crippen LogP contribution in [0.2, 0.25) is 0 Å². The van der Waals surface area contributed by atoms with Crippen molar-refractivity contribution in [2.75, 3.05) is 5.32 Å². The minimum absolute atomic E-state index is 0.0648. The molecule has 1 aliphatic carbocycles. The van der Waals surface area contributed by atoms with Crippen LogP contribution in [0, 0.1) is 19.7 Å². The Kier molecular flexibility index (Phi) is 5.28. The number of aryl methyl sites for hydroxylation is 2. The van der Waals surface area contributed by atoms with Crippen molar-refractivity contribution in [1.29, 1.82) is 0 Å². The van der Waals surface area contributed by atoms with Crippen LogP contribution in [0.5, 0.6) is 0 Å². The lowest BCUT2D eigenvalue weighted by Crippen LogP contribution is -2.25. The second kappa shape index (κ2) is 8.27. The largest absolute Gasteiger partial charge is 0.325 e. The van der Waals surface area contributed by atoms with E-state index >= 15 is 0 Å². The number of amides is 1. The number of halogens is 1. The molecule has 1 N–H and O–H groups in total. The molecule has 1 fully saturated rings. The van der Waals surface area contributed by atoms with Gasteiger partial charge < -0.3 is 9.88 Å². The molecule has 7 nitrogen and oxygen atoms in total. The van der Waals surface area contributed by atoms with Crippen LogP contribution in [-0.2, 0) is 11.3 Å². The third kappa shape index (κ3) is 4.04. The maximum atomic E-state index is 14.9. The van der Waals surface area contributed by atoms with E-state index in [-0.39, 0.29) is 35.2 Å². The average molecular weight is 445 g/mol. The molecule has 2 aromatic heterocycles. The van der Waals surface area contributed by atoms with Crippen LogP contribution in [0.4, 0.5) is 10.1 Å². The van der Waals surface area contributed by atoms with E-state index in [0.717, 1.165) is 28.5 Å². The summed E-state index contributed by atoms with van der Waals surface area (Å²) in [5, 5.41) is 7.10. The summed E-state index contributed by atoms with van der Waals surface area (Å²) < 4.78 is 17.6. The Labute approximate surface area is 189 Å². The molecule has 0 aliphatic heterocycles. The number of fused-ring (bicyclic) bond motifs is 1. The predicted molar refractivity (Wildman–Crippen MR) is 124 cm³/mol. The van der Waals surface area contributed by atoms with Crippen molar-refractivity contribution in [2.24, 2.45) is 0 Å². The third-order valence-corrected chi connectivity index (χ3v) is 6.25. The van der Waals surface area contributed by atoms with Crippen LogP contribution in [0.1, 0.15) is 42.0 Å². The fourth-order valence-electron chi connectivity index (χ4n) is 4.10. The molecule has 0 bridgehead atoms. The summed E-state index contributed by atoms with van der Waals surface area (Å²) >= 11 is 0. The number of benzene rings is 2. The number of nitrogens with zero attached hydrogens (tertiary/aromatic N) is 4. The zero-order chi connectivity index (χ0) is 23.1. The molecule has 2 heterocycles. The van der Waals surface area contributed by atoms with Crippen LogP contribution in [0.15, 0.2) is 53.3 Å². The smallest absolute Gasteiger partial charge is 0.275 e. The van der Waals surface area contributed by atoms with Gasteiger partial charge in [-0.3, -0.25) is 9.59 Å². The van der Waals surface area contributed by atoms with Crippen molar-refractivity contribution in [3.05, 3.63) is 81.5 Å². The summed E-state index contributed by atoms with van der Waals surface area (Å²) in [5.41, 5.74) is 3.16. The summed E-state index contributed by atoms with van der Waals surface area (Å²) in [6, 6.07) is 14.0. The van der Waals surface area contributed by atoms with Gasteiger partial charge in [-0.05, 0) is 62.4 Å². The molecule has 4 aromatic rings. The molecule has 168 valence electrons. The molecule has 1 saturated carbocycles. The second-order valence-electron chi connectivity index (χ2n) is 8.64. The average Bonchev–Trinajstić information content (AvgIpc) is 3.17. The van der Waals surface area contributed by atoms with Gasteiger partial charge in [0.1, 0.15) is 12.4 Å². The van der Waals surface area contributed by atoms with E-state index in [9.17, 15) is 14.0 Å². The van der Waals surface area contributed by atoms with Gasteiger partial charge in [0.05, 0.1) is 5.56 Å². The highest BCUT2D eigenvalue weighted by Crippen LogP contribution is 2.37. The summed E-state index contributed by atoms with van der Waals surface area (Å²) in [6.45, 7) is 3.63. The van der Waals surface area contributed by atoms with E-state index in [1.807, 2.05) is 37.3 Å². The number of carbonyl (C=O) groups is 1. The highest BCUT2D eigenvalue weighted by Gasteiger charge is 2.22. The first-order valence-electron chi connectivity index (χ1n) is 11.0. The Balaban J connectivity index is 1.48. The van der Waals surface area contributed by atoms with E-state index in [1.54, 1.807) is 17.6 Å². The van der Waals surface area contributed by atoms with E-state index in [4.69, 9.17) is 0 Å². The molecule has 0 atom stereocenters. The number of anilines is 1. The van der Waals surface area contributed by atoms with E-state index < -0.39 is 5.82 Å². The van der Waals surface area contributed by atoms with Gasteiger partial charge in [-0.25, -0.2) is 4.39 Å². The summed E-state index contributed by atoms with van der Waals surface area (Å²) in [6.07, 6.45) is 3.33. The highest BCUT2D eigenvalue weighted by atomic mass is 19.1. The molecule has 0 spiro atoms. The van der Waals surface area contributed by atoms with Gasteiger partial charge in [-0.15, -0.1) is 5.10 Å². The van der Waals surface area contributed by atoms with Crippen molar-refractivity contribution < 1.29 is 9.18 Å². The number of hydrogen-bond donors (Lipinski definition) is 1. The number of carbonyl (C=O) groups excluding carboxylic acids is 1. The molecule has 8 heteroatoms. The van der Waals surface area contributed by atoms with Gasteiger partial charge in [0.2, 0.25) is 11.7 Å². The topological polar surface area (TPSA) is 81.3 Å². The first kappa shape index (κ1) is 21.1. The Hall–Kier alpha value is -3.81. The van der Waals surface area contributed by atoms with Gasteiger partial charge in [0.25, 0.3) is 5.56 Å². The summed E-state index contributed by atoms with van der Waals surface area (Å²) in [4.78, 5) is 29.7. The quantitative estimate of drug-likeness (QED) is 0.499. The highest BCUT2D eigenvalue weighted by molar-refractivity contribution is 5.90. The first-order valence-corrected chi connectivity index (χ1v) is 11.0. The van der Waals surface area contributed by atoms with Crippen LogP contribution < -0.4 is 10.9 Å². The Morgan fingerprint density at radius 1 is 1.12 bits per heavy atom. The van der Waals surface area contributed by atoms with Crippen molar-refractivity contribution in [1.82, 2.24) is 19.2 Å². The Morgan fingerprint density at radius 3 is 2.55 bits per heavy atom. The molecule has 1 amide bonds. The minimum Gasteiger partial charge on any atom is -0.325 e. The van der Waals surface area contributed by atoms with Crippen molar-refractivity contribution in [2.45, 2.75) is 45.6 Å². The second-order valence-corrected chi connectivity index (χ2v) is 8.64. The third-order valence-electron chi connectivity index (χ3n) is 6.25. The molecule has 0 saturated heterocycles. The van der Waals surface area contributed by atoms with Crippen LogP contribution in [0.25, 0.3) is 17.2 Å². The van der Waals surface area contributed by atoms with Crippen LogP contribution in [-0.4, -0.2) is 25.1 Å². The van der Waals surface area contributed by atoms with Crippen molar-refractivity contribution in [3.8, 4) is 11.4 Å². The maximum Gasteiger partial charge on any atom is 0.275 e. The molecule has 1 aliphatic rings. The predicted octanol–water partition coefficient (Wildman–Crippen LogP) is 4.22. The van der Waals surface area contributed by atoms with Gasteiger partial charge in [-0.2, -0.15) is 9.50 Å². The molecule has 2 aromatic carbocycles. The number of nitrogens with one attached hydrogen (secondary N) is 1. The fourth-order valence-corrected chi connectivity index (χ4v) is 4.10. The maximum absolute atomic E-state index is 14.9. The monoisotopic (exact) mass is 445 g/mol. The van der Waals surface area contributed by atoms with Gasteiger partial charge in [-0.1, -0.05) is 30.2 Å². The zero-order valence-corrected chi connectivity index (χ0v) is 18.5. The van der Waals surface area contributed by atoms with Gasteiger partial charge >= 0.3 is 0 Å². The lowest BCUT2D eigenvalue weighted by molar-refractivity contribution is -0.116. The van der Waals surface area contributed by atoms with E-state index in [0.29, 0.717) is 17.3 Å². The summed E-state index contributed by atoms with van der Waals surface area (Å²) in [7, 11) is 0. The molecular formula is C25H24FN5O2. The zero-order valence-electron chi connectivity index (χ0n) is 18.5. The van der Waals surface area contributed by atoms with Crippen LogP contribution >= 0.6 is 0 Å². The lowest BCUT2D eigenvalue weighted by Gasteiger charge is -2.25. The molecular weight excluding hydrogens is 421 g/mol. The molecule has 0 radical (unpaired) electrons.